The topological polar surface area (TPSA) is 9.72 Å². The number of rotatable bonds is 5. The maximum absolute atomic E-state index is 2.59. The summed E-state index contributed by atoms with van der Waals surface area (Å²) >= 11 is 0. The smallest absolute Gasteiger partial charge is 0.252 e. The van der Waals surface area contributed by atoms with E-state index in [4.69, 9.17) is 0 Å². The fourth-order valence-corrected chi connectivity index (χ4v) is 10.8. The first-order valence-electron chi connectivity index (χ1n) is 23.0. The van der Waals surface area contributed by atoms with Gasteiger partial charge in [0.15, 0.2) is 0 Å². The van der Waals surface area contributed by atoms with Crippen molar-refractivity contribution >= 4 is 74.3 Å². The van der Waals surface area contributed by atoms with Gasteiger partial charge in [0.05, 0.1) is 0 Å². The number of hydrogen-bond acceptors (Lipinski definition) is 3. The third-order valence-corrected chi connectivity index (χ3v) is 14.2. The summed E-state index contributed by atoms with van der Waals surface area (Å²) in [6, 6.07) is 66.5. The van der Waals surface area contributed by atoms with Crippen LogP contribution in [0.1, 0.15) is 83.2 Å². The van der Waals surface area contributed by atoms with Crippen LogP contribution in [-0.4, -0.2) is 6.71 Å². The molecule has 2 heterocycles. The molecular weight excluding hydrogens is 773 g/mol. The number of nitrogens with zero attached hydrogens (tertiary/aromatic N) is 3. The molecule has 3 nitrogen and oxygen atoms in total. The van der Waals surface area contributed by atoms with Gasteiger partial charge in [0.1, 0.15) is 0 Å². The third-order valence-electron chi connectivity index (χ3n) is 14.2. The second kappa shape index (κ2) is 14.4. The Kier molecular flexibility index (Phi) is 8.99. The fraction of sp³-hybridized carbons (Fsp3) is 0.200. The lowest BCUT2D eigenvalue weighted by molar-refractivity contribution is 0.590. The van der Waals surface area contributed by atoms with Crippen LogP contribution in [0, 0.1) is 6.92 Å². The van der Waals surface area contributed by atoms with Gasteiger partial charge in [-0.25, -0.2) is 0 Å². The van der Waals surface area contributed by atoms with Crippen LogP contribution < -0.4 is 31.1 Å². The van der Waals surface area contributed by atoms with Crippen molar-refractivity contribution in [3.63, 3.8) is 0 Å². The quantitative estimate of drug-likeness (QED) is 0.160. The highest BCUT2D eigenvalue weighted by atomic mass is 15.2. The SMILES string of the molecule is Cc1cc2c3c(c1)N(c1ccc4c(c1)C(C)(C)c1ccccc1-4)c1cc(N(c4ccccc4)c4ccccc4)ccc1B3c1cc(C(C)(C)C)ccc1N2c1ccc(C(C)(C)C)cc1. The Morgan fingerprint density at radius 2 is 1.00 bits per heavy atom. The first-order valence-corrected chi connectivity index (χ1v) is 23.0. The molecule has 0 N–H and O–H groups in total. The largest absolute Gasteiger partial charge is 0.311 e. The molecule has 0 unspecified atom stereocenters. The molecule has 0 amide bonds. The molecule has 314 valence electrons. The second-order valence-corrected chi connectivity index (χ2v) is 20.8. The first-order chi connectivity index (χ1) is 30.7. The van der Waals surface area contributed by atoms with Gasteiger partial charge >= 0.3 is 0 Å². The Labute approximate surface area is 380 Å². The number of hydrogen-bond donors (Lipinski definition) is 0. The van der Waals surface area contributed by atoms with Crippen LogP contribution in [0.15, 0.2) is 176 Å². The van der Waals surface area contributed by atoms with Gasteiger partial charge in [0.2, 0.25) is 0 Å². The van der Waals surface area contributed by atoms with Gasteiger partial charge in [-0.3, -0.25) is 0 Å². The van der Waals surface area contributed by atoms with Crippen molar-refractivity contribution in [3.8, 4) is 11.1 Å². The molecule has 2 aliphatic heterocycles. The van der Waals surface area contributed by atoms with Crippen LogP contribution in [-0.2, 0) is 16.2 Å². The van der Waals surface area contributed by atoms with Crippen molar-refractivity contribution in [2.24, 2.45) is 0 Å². The molecule has 0 atom stereocenters. The minimum atomic E-state index is -0.146. The van der Waals surface area contributed by atoms with E-state index in [0.717, 1.165) is 17.1 Å². The average molecular weight is 830 g/mol. The Balaban J connectivity index is 1.21. The van der Waals surface area contributed by atoms with Crippen LogP contribution in [0.3, 0.4) is 0 Å². The molecule has 0 saturated heterocycles. The summed E-state index contributed by atoms with van der Waals surface area (Å²) < 4.78 is 0. The van der Waals surface area contributed by atoms with Crippen LogP contribution in [0.5, 0.6) is 0 Å². The zero-order chi connectivity index (χ0) is 44.3. The van der Waals surface area contributed by atoms with Crippen molar-refractivity contribution in [1.82, 2.24) is 0 Å². The Morgan fingerprint density at radius 3 is 1.64 bits per heavy atom. The fourth-order valence-electron chi connectivity index (χ4n) is 10.8. The molecule has 8 aromatic rings. The van der Waals surface area contributed by atoms with Crippen molar-refractivity contribution in [2.75, 3.05) is 14.7 Å². The van der Waals surface area contributed by atoms with Crippen molar-refractivity contribution in [1.29, 1.82) is 0 Å². The standard InChI is InChI=1S/C60H56BN3/c1-39-34-55-57-56(35-39)64(45-29-31-48-47-22-16-17-23-49(47)60(8,9)50(48)37-45)54-38-46(62(42-18-12-10-13-19-42)43-20-14-11-15-21-43)30-32-51(54)61(57)52-36-41(59(5,6)7)26-33-53(52)63(55)44-27-24-40(25-28-44)58(2,3)4/h10-38H,1-9H3. The number of aryl methyl sites for hydroxylation is 1. The Hall–Kier alpha value is -6.78. The van der Waals surface area contributed by atoms with Gasteiger partial charge in [-0.15, -0.1) is 0 Å². The maximum Gasteiger partial charge on any atom is 0.252 e. The highest BCUT2D eigenvalue weighted by molar-refractivity contribution is 7.00. The van der Waals surface area contributed by atoms with Gasteiger partial charge in [0.25, 0.3) is 6.71 Å². The highest BCUT2D eigenvalue weighted by Crippen LogP contribution is 2.52. The zero-order valence-electron chi connectivity index (χ0n) is 38.7. The minimum Gasteiger partial charge on any atom is -0.311 e. The molecule has 0 saturated carbocycles. The lowest BCUT2D eigenvalue weighted by Gasteiger charge is -2.45. The van der Waals surface area contributed by atoms with Crippen LogP contribution in [0.25, 0.3) is 11.1 Å². The lowest BCUT2D eigenvalue weighted by atomic mass is 9.33. The van der Waals surface area contributed by atoms with E-state index in [1.807, 2.05) is 0 Å². The molecule has 0 spiro atoms. The van der Waals surface area contributed by atoms with Crippen molar-refractivity contribution in [3.05, 3.63) is 204 Å². The zero-order valence-corrected chi connectivity index (χ0v) is 38.7. The molecule has 4 heteroatoms. The van der Waals surface area contributed by atoms with E-state index in [9.17, 15) is 0 Å². The predicted molar refractivity (Wildman–Crippen MR) is 275 cm³/mol. The molecule has 64 heavy (non-hydrogen) atoms. The van der Waals surface area contributed by atoms with E-state index >= 15 is 0 Å². The summed E-state index contributed by atoms with van der Waals surface area (Å²) in [5.41, 5.74) is 23.8. The number of fused-ring (bicyclic) bond motifs is 7. The second-order valence-electron chi connectivity index (χ2n) is 20.8. The molecule has 11 rings (SSSR count). The number of benzene rings is 8. The first kappa shape index (κ1) is 40.0. The minimum absolute atomic E-state index is 0.00493. The summed E-state index contributed by atoms with van der Waals surface area (Å²) in [6.07, 6.45) is 0. The van der Waals surface area contributed by atoms with Crippen LogP contribution in [0.2, 0.25) is 0 Å². The lowest BCUT2D eigenvalue weighted by Crippen LogP contribution is -2.61. The van der Waals surface area contributed by atoms with Crippen LogP contribution >= 0.6 is 0 Å². The van der Waals surface area contributed by atoms with Gasteiger partial charge in [-0.05, 0) is 152 Å². The summed E-state index contributed by atoms with van der Waals surface area (Å²) in [5.74, 6) is 0. The molecule has 8 aromatic carbocycles. The number of anilines is 9. The van der Waals surface area contributed by atoms with Gasteiger partial charge in [-0.1, -0.05) is 152 Å². The molecule has 3 aliphatic rings. The Bertz CT molecular complexity index is 3080. The molecule has 0 fully saturated rings. The molecule has 0 bridgehead atoms. The number of para-hydroxylation sites is 2. The third kappa shape index (κ3) is 6.25. The average Bonchev–Trinajstić information content (AvgIpc) is 3.51. The van der Waals surface area contributed by atoms with Crippen molar-refractivity contribution < 1.29 is 0 Å². The van der Waals surface area contributed by atoms with Crippen LogP contribution in [0.4, 0.5) is 51.2 Å². The molecule has 1 aliphatic carbocycles. The van der Waals surface area contributed by atoms with Gasteiger partial charge < -0.3 is 14.7 Å². The summed E-state index contributed by atoms with van der Waals surface area (Å²) in [4.78, 5) is 7.53. The monoisotopic (exact) mass is 829 g/mol. The maximum atomic E-state index is 2.59. The molecular formula is C60H56BN3. The van der Waals surface area contributed by atoms with E-state index in [0.29, 0.717) is 0 Å². The molecule has 0 aromatic heterocycles. The normalized spacial score (nSPS) is 14.4. The summed E-state index contributed by atoms with van der Waals surface area (Å²) in [6.45, 7) is 20.9. The van der Waals surface area contributed by atoms with E-state index in [-0.39, 0.29) is 23.0 Å². The van der Waals surface area contributed by atoms with E-state index < -0.39 is 0 Å². The summed E-state index contributed by atoms with van der Waals surface area (Å²) in [5, 5.41) is 0. The van der Waals surface area contributed by atoms with E-state index in [1.165, 1.54) is 89.5 Å². The highest BCUT2D eigenvalue weighted by Gasteiger charge is 2.45. The van der Waals surface area contributed by atoms with Gasteiger partial charge in [0, 0.05) is 56.6 Å². The van der Waals surface area contributed by atoms with E-state index in [1.54, 1.807) is 0 Å². The van der Waals surface area contributed by atoms with Gasteiger partial charge in [-0.2, -0.15) is 0 Å². The van der Waals surface area contributed by atoms with Crippen molar-refractivity contribution in [2.45, 2.75) is 78.6 Å². The molecule has 0 radical (unpaired) electrons. The van der Waals surface area contributed by atoms with E-state index in [2.05, 4.69) is 253 Å². The predicted octanol–water partition coefficient (Wildman–Crippen LogP) is 14.4. The Morgan fingerprint density at radius 1 is 0.438 bits per heavy atom. The summed E-state index contributed by atoms with van der Waals surface area (Å²) in [7, 11) is 0.